The van der Waals surface area contributed by atoms with E-state index in [0.29, 0.717) is 59.0 Å². The number of benzene rings is 4. The number of carbonyl (C=O) groups excluding carboxylic acids is 1. The number of hydrogen-bond acceptors (Lipinski definition) is 6. The van der Waals surface area contributed by atoms with Gasteiger partial charge in [-0.15, -0.1) is 0 Å². The first-order valence-corrected chi connectivity index (χ1v) is 22.1. The Morgan fingerprint density at radius 1 is 0.875 bits per heavy atom. The SMILES string of the molecule is Cc1cc(OCCCc2c3n(c4c(-c5c(C)nn(C)c5C)c(Cl)ccc24)[C@H](C)CN(c2cccc4c(OCc5ccccc5)c(C(=O)O)n(Cc5ccccn5)c24)C3=O)cc(C)c1Cl. The molecule has 4 aromatic heterocycles. The monoisotopic (exact) mass is 894 g/mol. The van der Waals surface area contributed by atoms with Gasteiger partial charge in [0.2, 0.25) is 0 Å². The molecule has 0 spiro atoms. The minimum atomic E-state index is -1.15. The number of hydrogen-bond donors (Lipinski definition) is 1. The molecule has 1 N–H and O–H groups in total. The van der Waals surface area contributed by atoms with Gasteiger partial charge in [0.1, 0.15) is 18.1 Å². The predicted octanol–water partition coefficient (Wildman–Crippen LogP) is 11.5. The van der Waals surface area contributed by atoms with Gasteiger partial charge >= 0.3 is 5.97 Å². The molecule has 1 atom stereocenters. The van der Waals surface area contributed by atoms with Crippen LogP contribution in [-0.4, -0.2) is 54.0 Å². The van der Waals surface area contributed by atoms with Crippen LogP contribution in [0, 0.1) is 27.7 Å². The van der Waals surface area contributed by atoms with Crippen LogP contribution in [0.2, 0.25) is 10.0 Å². The summed E-state index contributed by atoms with van der Waals surface area (Å²) in [5.74, 6) is -0.398. The number of pyridine rings is 1. The molecule has 1 aliphatic heterocycles. The molecule has 11 nitrogen and oxygen atoms in total. The highest BCUT2D eigenvalue weighted by Gasteiger charge is 2.38. The second kappa shape index (κ2) is 17.2. The van der Waals surface area contributed by atoms with E-state index in [4.69, 9.17) is 37.8 Å². The number of ether oxygens (including phenoxy) is 2. The summed E-state index contributed by atoms with van der Waals surface area (Å²) in [6.07, 6.45) is 2.83. The summed E-state index contributed by atoms with van der Waals surface area (Å²) in [7, 11) is 1.92. The van der Waals surface area contributed by atoms with Crippen LogP contribution < -0.4 is 14.4 Å². The Morgan fingerprint density at radius 2 is 1.62 bits per heavy atom. The molecule has 5 heterocycles. The third-order valence-electron chi connectivity index (χ3n) is 12.3. The van der Waals surface area contributed by atoms with Gasteiger partial charge in [-0.05, 0) is 112 Å². The van der Waals surface area contributed by atoms with Crippen molar-refractivity contribution in [3.8, 4) is 22.6 Å². The van der Waals surface area contributed by atoms with Crippen LogP contribution in [0.15, 0.2) is 97.2 Å². The van der Waals surface area contributed by atoms with Crippen LogP contribution in [0.4, 0.5) is 5.69 Å². The first-order chi connectivity index (χ1) is 30.8. The number of fused-ring (bicyclic) bond motifs is 4. The summed E-state index contributed by atoms with van der Waals surface area (Å²) >= 11 is 13.7. The maximum Gasteiger partial charge on any atom is 0.356 e. The number of aryl methyl sites for hydroxylation is 5. The van der Waals surface area contributed by atoms with Crippen molar-refractivity contribution in [1.82, 2.24) is 23.9 Å². The highest BCUT2D eigenvalue weighted by Crippen LogP contribution is 2.47. The summed E-state index contributed by atoms with van der Waals surface area (Å²) < 4.78 is 18.5. The van der Waals surface area contributed by atoms with Crippen molar-refractivity contribution < 1.29 is 24.2 Å². The molecule has 8 aromatic rings. The van der Waals surface area contributed by atoms with Gasteiger partial charge in [-0.25, -0.2) is 4.79 Å². The molecule has 64 heavy (non-hydrogen) atoms. The zero-order chi connectivity index (χ0) is 45.0. The number of amides is 1. The Kier molecular flexibility index (Phi) is 11.5. The predicted molar refractivity (Wildman–Crippen MR) is 253 cm³/mol. The van der Waals surface area contributed by atoms with Crippen LogP contribution in [0.5, 0.6) is 11.5 Å². The largest absolute Gasteiger partial charge is 0.494 e. The third kappa shape index (κ3) is 7.46. The fraction of sp³-hybridized carbons (Fsp3) is 0.255. The minimum absolute atomic E-state index is 0.0242. The van der Waals surface area contributed by atoms with Crippen molar-refractivity contribution in [2.24, 2.45) is 7.05 Å². The van der Waals surface area contributed by atoms with E-state index in [1.165, 1.54) is 0 Å². The van der Waals surface area contributed by atoms with E-state index in [1.54, 1.807) is 15.7 Å². The van der Waals surface area contributed by atoms with Crippen molar-refractivity contribution in [2.75, 3.05) is 18.1 Å². The van der Waals surface area contributed by atoms with E-state index in [1.807, 2.05) is 130 Å². The second-order valence-corrected chi connectivity index (χ2v) is 17.4. The van der Waals surface area contributed by atoms with E-state index in [2.05, 4.69) is 16.5 Å². The van der Waals surface area contributed by atoms with Crippen LogP contribution >= 0.6 is 23.2 Å². The molecular weight excluding hydrogens is 848 g/mol. The van der Waals surface area contributed by atoms with E-state index in [9.17, 15) is 9.90 Å². The fourth-order valence-electron chi connectivity index (χ4n) is 9.42. The zero-order valence-electron chi connectivity index (χ0n) is 36.6. The molecule has 0 bridgehead atoms. The summed E-state index contributed by atoms with van der Waals surface area (Å²) in [4.78, 5) is 35.4. The number of carbonyl (C=O) groups is 2. The normalized spacial score (nSPS) is 13.8. The maximum absolute atomic E-state index is 15.7. The number of para-hydroxylation sites is 1. The summed E-state index contributed by atoms with van der Waals surface area (Å²) in [6, 6.07) is 28.4. The summed E-state index contributed by atoms with van der Waals surface area (Å²) in [6.45, 7) is 11.0. The molecule has 0 unspecified atom stereocenters. The molecule has 0 saturated heterocycles. The van der Waals surface area contributed by atoms with Gasteiger partial charge in [0.15, 0.2) is 11.4 Å². The number of aromatic nitrogens is 5. The van der Waals surface area contributed by atoms with Crippen LogP contribution in [-0.2, 0) is 26.6 Å². The Labute approximate surface area is 381 Å². The van der Waals surface area contributed by atoms with Crippen molar-refractivity contribution in [2.45, 2.75) is 66.7 Å². The number of carboxylic acids is 1. The van der Waals surface area contributed by atoms with Gasteiger partial charge in [0, 0.05) is 58.4 Å². The van der Waals surface area contributed by atoms with Gasteiger partial charge in [-0.3, -0.25) is 14.5 Å². The van der Waals surface area contributed by atoms with Crippen LogP contribution in [0.25, 0.3) is 32.9 Å². The Bertz CT molecular complexity index is 3090. The van der Waals surface area contributed by atoms with Crippen molar-refractivity contribution in [3.63, 3.8) is 0 Å². The van der Waals surface area contributed by atoms with Crippen molar-refractivity contribution in [3.05, 3.63) is 158 Å². The smallest absolute Gasteiger partial charge is 0.356 e. The Morgan fingerprint density at radius 3 is 2.31 bits per heavy atom. The molecular formula is C51H48Cl2N6O5. The van der Waals surface area contributed by atoms with Gasteiger partial charge in [0.05, 0.1) is 46.3 Å². The number of rotatable bonds is 13. The Balaban J connectivity index is 1.21. The standard InChI is InChI=1S/C51H48Cl2N6O5/c1-29-24-36(25-30(2)44(29)53)63-23-13-18-37-38-20-21-40(52)43(42-32(4)55-56(6)33(42)5)46(38)59-31(3)26-57(50(60)47(37)59)41-19-12-17-39-45(41)58(27-35-16-10-11-22-54-35)48(51(61)62)49(39)64-28-34-14-8-7-9-15-34/h7-12,14-17,19-22,24-25,31H,13,18,23,26-28H2,1-6H3,(H,61,62)/t31-/m1/s1. The molecule has 4 aromatic carbocycles. The Hall–Kier alpha value is -6.56. The van der Waals surface area contributed by atoms with Crippen molar-refractivity contribution in [1.29, 1.82) is 0 Å². The lowest BCUT2D eigenvalue weighted by Gasteiger charge is -2.35. The maximum atomic E-state index is 15.7. The minimum Gasteiger partial charge on any atom is -0.494 e. The van der Waals surface area contributed by atoms with Gasteiger partial charge in [-0.1, -0.05) is 71.7 Å². The molecule has 1 amide bonds. The van der Waals surface area contributed by atoms with Gasteiger partial charge in [0.25, 0.3) is 5.91 Å². The van der Waals surface area contributed by atoms with E-state index < -0.39 is 5.97 Å². The van der Waals surface area contributed by atoms with Crippen LogP contribution in [0.3, 0.4) is 0 Å². The highest BCUT2D eigenvalue weighted by atomic mass is 35.5. The number of aromatic carboxylic acids is 1. The molecule has 326 valence electrons. The second-order valence-electron chi connectivity index (χ2n) is 16.6. The van der Waals surface area contributed by atoms with E-state index in [-0.39, 0.29) is 36.5 Å². The summed E-state index contributed by atoms with van der Waals surface area (Å²) in [5, 5.41) is 18.5. The number of nitrogens with zero attached hydrogens (tertiary/aromatic N) is 6. The first-order valence-electron chi connectivity index (χ1n) is 21.4. The molecule has 0 fully saturated rings. The molecule has 0 saturated carbocycles. The average Bonchev–Trinajstić information content (AvgIpc) is 3.88. The molecule has 0 radical (unpaired) electrons. The number of carboxylic acid groups (broad SMARTS) is 1. The highest BCUT2D eigenvalue weighted by molar-refractivity contribution is 6.35. The first kappa shape index (κ1) is 42.7. The van der Waals surface area contributed by atoms with Gasteiger partial charge in [-0.2, -0.15) is 5.10 Å². The number of anilines is 1. The quantitative estimate of drug-likeness (QED) is 0.115. The fourth-order valence-corrected chi connectivity index (χ4v) is 9.77. The van der Waals surface area contributed by atoms with Crippen LogP contribution in [0.1, 0.15) is 79.7 Å². The lowest BCUT2D eigenvalue weighted by atomic mass is 9.98. The molecule has 0 aliphatic carbocycles. The lowest BCUT2D eigenvalue weighted by molar-refractivity contribution is 0.0680. The average molecular weight is 896 g/mol. The molecule has 9 rings (SSSR count). The molecule has 13 heteroatoms. The molecule has 1 aliphatic rings. The van der Waals surface area contributed by atoms with Crippen molar-refractivity contribution >= 4 is 62.6 Å². The van der Waals surface area contributed by atoms with E-state index >= 15 is 4.79 Å². The summed E-state index contributed by atoms with van der Waals surface area (Å²) in [5.41, 5.74) is 10.4. The third-order valence-corrected chi connectivity index (χ3v) is 13.3. The zero-order valence-corrected chi connectivity index (χ0v) is 38.1. The topological polar surface area (TPSA) is 117 Å². The number of halogens is 2. The van der Waals surface area contributed by atoms with E-state index in [0.717, 1.165) is 66.4 Å². The van der Waals surface area contributed by atoms with Gasteiger partial charge < -0.3 is 28.6 Å². The lowest BCUT2D eigenvalue weighted by Crippen LogP contribution is -2.43.